The predicted octanol–water partition coefficient (Wildman–Crippen LogP) is 3.07. The molecule has 3 N–H and O–H groups in total. The summed E-state index contributed by atoms with van der Waals surface area (Å²) in [6.45, 7) is 1.97. The van der Waals surface area contributed by atoms with E-state index in [1.807, 2.05) is 6.92 Å². The average molecular weight is 339 g/mol. The van der Waals surface area contributed by atoms with Crippen molar-refractivity contribution in [3.05, 3.63) is 28.2 Å². The van der Waals surface area contributed by atoms with E-state index in [2.05, 4.69) is 32.5 Å². The highest BCUT2D eigenvalue weighted by Crippen LogP contribution is 2.21. The summed E-state index contributed by atoms with van der Waals surface area (Å²) in [7, 11) is 0. The topological polar surface area (TPSA) is 78.4 Å². The number of carboxylic acid groups (broad SMARTS) is 1. The minimum Gasteiger partial charge on any atom is -0.478 e. The maximum atomic E-state index is 11.7. The van der Waals surface area contributed by atoms with Gasteiger partial charge in [0.1, 0.15) is 0 Å². The molecular formula is C14H15BrN2O3. The van der Waals surface area contributed by atoms with Crippen molar-refractivity contribution >= 4 is 33.6 Å². The second-order valence-corrected chi connectivity index (χ2v) is 4.96. The summed E-state index contributed by atoms with van der Waals surface area (Å²) in [5.41, 5.74) is 0.459. The van der Waals surface area contributed by atoms with Crippen LogP contribution in [0, 0.1) is 12.3 Å². The number of hydrogen-bond acceptors (Lipinski definition) is 2. The molecule has 0 aliphatic carbocycles. The van der Waals surface area contributed by atoms with E-state index in [0.717, 1.165) is 6.42 Å². The van der Waals surface area contributed by atoms with Gasteiger partial charge in [-0.1, -0.05) is 19.3 Å². The first-order valence-electron chi connectivity index (χ1n) is 6.04. The number of halogens is 1. The number of carbonyl (C=O) groups is 2. The molecule has 0 heterocycles. The maximum Gasteiger partial charge on any atom is 0.336 e. The fourth-order valence-electron chi connectivity index (χ4n) is 1.58. The Bertz CT molecular complexity index is 552. The van der Waals surface area contributed by atoms with E-state index in [0.29, 0.717) is 16.6 Å². The molecule has 1 unspecified atom stereocenters. The van der Waals surface area contributed by atoms with Crippen LogP contribution in [0.4, 0.5) is 10.5 Å². The number of amides is 2. The summed E-state index contributed by atoms with van der Waals surface area (Å²) in [5, 5.41) is 14.2. The quantitative estimate of drug-likeness (QED) is 0.722. The fraction of sp³-hybridized carbons (Fsp3) is 0.286. The van der Waals surface area contributed by atoms with Crippen LogP contribution in [0.1, 0.15) is 30.1 Å². The minimum absolute atomic E-state index is 0.0739. The number of terminal acetylenes is 1. The van der Waals surface area contributed by atoms with Crippen LogP contribution in [0.25, 0.3) is 0 Å². The highest BCUT2D eigenvalue weighted by molar-refractivity contribution is 9.10. The van der Waals surface area contributed by atoms with Gasteiger partial charge in [-0.25, -0.2) is 9.59 Å². The fourth-order valence-corrected chi connectivity index (χ4v) is 1.99. The van der Waals surface area contributed by atoms with Crippen LogP contribution in [0.2, 0.25) is 0 Å². The first kappa shape index (κ1) is 16.1. The van der Waals surface area contributed by atoms with Gasteiger partial charge in [0.25, 0.3) is 0 Å². The third-order valence-electron chi connectivity index (χ3n) is 2.54. The molecule has 1 atom stereocenters. The summed E-state index contributed by atoms with van der Waals surface area (Å²) in [5.74, 6) is 1.41. The summed E-state index contributed by atoms with van der Waals surface area (Å²) in [6, 6.07) is 3.73. The molecule has 0 spiro atoms. The number of rotatable bonds is 5. The van der Waals surface area contributed by atoms with Crippen molar-refractivity contribution in [1.82, 2.24) is 5.32 Å². The Morgan fingerprint density at radius 3 is 2.75 bits per heavy atom. The lowest BCUT2D eigenvalue weighted by molar-refractivity contribution is 0.0696. The van der Waals surface area contributed by atoms with Gasteiger partial charge in [0.05, 0.1) is 11.6 Å². The van der Waals surface area contributed by atoms with Crippen LogP contribution < -0.4 is 10.6 Å². The van der Waals surface area contributed by atoms with Gasteiger partial charge in [0.2, 0.25) is 0 Å². The van der Waals surface area contributed by atoms with Crippen LogP contribution in [0.15, 0.2) is 22.7 Å². The molecule has 5 nitrogen and oxygen atoms in total. The molecule has 0 saturated heterocycles. The highest BCUT2D eigenvalue weighted by atomic mass is 79.9. The van der Waals surface area contributed by atoms with E-state index in [9.17, 15) is 9.59 Å². The molecule has 1 rings (SSSR count). The van der Waals surface area contributed by atoms with Gasteiger partial charge in [0, 0.05) is 10.2 Å². The molecule has 20 heavy (non-hydrogen) atoms. The van der Waals surface area contributed by atoms with Gasteiger partial charge in [0.15, 0.2) is 0 Å². The molecule has 0 aromatic heterocycles. The van der Waals surface area contributed by atoms with E-state index in [4.69, 9.17) is 11.5 Å². The Hall–Kier alpha value is -2.00. The van der Waals surface area contributed by atoms with Crippen LogP contribution in [0.5, 0.6) is 0 Å². The lowest BCUT2D eigenvalue weighted by atomic mass is 10.2. The van der Waals surface area contributed by atoms with Gasteiger partial charge < -0.3 is 15.7 Å². The third kappa shape index (κ3) is 4.59. The number of aromatic carboxylic acids is 1. The Kier molecular flexibility index (Phi) is 6.07. The van der Waals surface area contributed by atoms with Crippen LogP contribution in [-0.4, -0.2) is 23.1 Å². The zero-order valence-electron chi connectivity index (χ0n) is 10.9. The standard InChI is InChI=1S/C14H15BrN2O3/c1-3-5-9(4-2)16-14(20)17-10-6-7-12(15)11(8-10)13(18)19/h2,6-9H,3,5H2,1H3,(H,18,19)(H2,16,17,20). The Labute approximate surface area is 125 Å². The van der Waals surface area contributed by atoms with E-state index >= 15 is 0 Å². The number of benzene rings is 1. The van der Waals surface area contributed by atoms with E-state index in [-0.39, 0.29) is 11.6 Å². The third-order valence-corrected chi connectivity index (χ3v) is 3.23. The number of hydrogen-bond donors (Lipinski definition) is 3. The first-order chi connectivity index (χ1) is 9.47. The van der Waals surface area contributed by atoms with Gasteiger partial charge in [-0.2, -0.15) is 0 Å². The van der Waals surface area contributed by atoms with E-state index in [1.165, 1.54) is 6.07 Å². The van der Waals surface area contributed by atoms with Crippen molar-refractivity contribution in [3.63, 3.8) is 0 Å². The molecule has 0 saturated carbocycles. The maximum absolute atomic E-state index is 11.7. The SMILES string of the molecule is C#CC(CCC)NC(=O)Nc1ccc(Br)c(C(=O)O)c1. The number of nitrogens with one attached hydrogen (secondary N) is 2. The highest BCUT2D eigenvalue weighted by Gasteiger charge is 2.12. The average Bonchev–Trinajstić information content (AvgIpc) is 2.40. The molecular weight excluding hydrogens is 324 g/mol. The second kappa shape index (κ2) is 7.56. The second-order valence-electron chi connectivity index (χ2n) is 4.11. The van der Waals surface area contributed by atoms with Crippen molar-refractivity contribution in [2.45, 2.75) is 25.8 Å². The summed E-state index contributed by atoms with van der Waals surface area (Å²) < 4.78 is 0.448. The van der Waals surface area contributed by atoms with Gasteiger partial charge in [-0.3, -0.25) is 0 Å². The summed E-state index contributed by atoms with van der Waals surface area (Å²) in [6.07, 6.45) is 6.85. The van der Waals surface area contributed by atoms with Crippen molar-refractivity contribution in [3.8, 4) is 12.3 Å². The van der Waals surface area contributed by atoms with Crippen LogP contribution in [-0.2, 0) is 0 Å². The Morgan fingerprint density at radius 2 is 2.20 bits per heavy atom. The van der Waals surface area contributed by atoms with Crippen LogP contribution in [0.3, 0.4) is 0 Å². The largest absolute Gasteiger partial charge is 0.478 e. The number of carbonyl (C=O) groups excluding carboxylic acids is 1. The zero-order valence-corrected chi connectivity index (χ0v) is 12.5. The summed E-state index contributed by atoms with van der Waals surface area (Å²) >= 11 is 3.13. The minimum atomic E-state index is -1.08. The molecule has 6 heteroatoms. The molecule has 0 bridgehead atoms. The number of carboxylic acids is 1. The first-order valence-corrected chi connectivity index (χ1v) is 6.83. The molecule has 0 aliphatic heterocycles. The zero-order chi connectivity index (χ0) is 15.1. The lowest BCUT2D eigenvalue weighted by Crippen LogP contribution is -2.37. The molecule has 1 aromatic carbocycles. The van der Waals surface area contributed by atoms with E-state index < -0.39 is 12.0 Å². The van der Waals surface area contributed by atoms with Crippen molar-refractivity contribution < 1.29 is 14.7 Å². The molecule has 0 fully saturated rings. The summed E-state index contributed by atoms with van der Waals surface area (Å²) in [4.78, 5) is 22.7. The van der Waals surface area contributed by atoms with Crippen molar-refractivity contribution in [2.24, 2.45) is 0 Å². The normalized spacial score (nSPS) is 11.2. The number of urea groups is 1. The molecule has 0 aliphatic rings. The predicted molar refractivity (Wildman–Crippen MR) is 80.8 cm³/mol. The van der Waals surface area contributed by atoms with E-state index in [1.54, 1.807) is 12.1 Å². The number of anilines is 1. The monoisotopic (exact) mass is 338 g/mol. The van der Waals surface area contributed by atoms with Gasteiger partial charge >= 0.3 is 12.0 Å². The molecule has 0 radical (unpaired) electrons. The van der Waals surface area contributed by atoms with Crippen LogP contribution >= 0.6 is 15.9 Å². The Morgan fingerprint density at radius 1 is 1.50 bits per heavy atom. The molecule has 106 valence electrons. The molecule has 1 aromatic rings. The lowest BCUT2D eigenvalue weighted by Gasteiger charge is -2.13. The van der Waals surface area contributed by atoms with Crippen molar-refractivity contribution in [2.75, 3.05) is 5.32 Å². The van der Waals surface area contributed by atoms with Gasteiger partial charge in [-0.05, 0) is 40.5 Å². The molecule has 2 amide bonds. The smallest absolute Gasteiger partial charge is 0.336 e. The van der Waals surface area contributed by atoms with Gasteiger partial charge in [-0.15, -0.1) is 6.42 Å². The Balaban J connectivity index is 2.74. The van der Waals surface area contributed by atoms with Crippen molar-refractivity contribution in [1.29, 1.82) is 0 Å².